The number of aromatic nitrogens is 1. The fourth-order valence-corrected chi connectivity index (χ4v) is 3.00. The van der Waals surface area contributed by atoms with E-state index >= 15 is 0 Å². The Kier molecular flexibility index (Phi) is 4.71. The van der Waals surface area contributed by atoms with Gasteiger partial charge in [0.1, 0.15) is 5.01 Å². The second-order valence-corrected chi connectivity index (χ2v) is 5.51. The lowest BCUT2D eigenvalue weighted by Crippen LogP contribution is -2.13. The molecule has 17 heavy (non-hydrogen) atoms. The van der Waals surface area contributed by atoms with Crippen LogP contribution in [0.4, 0.5) is 0 Å². The van der Waals surface area contributed by atoms with Gasteiger partial charge in [-0.15, -0.1) is 11.3 Å². The fraction of sp³-hybridized carbons (Fsp3) is 0.308. The zero-order valence-corrected chi connectivity index (χ0v) is 12.1. The van der Waals surface area contributed by atoms with Gasteiger partial charge in [0, 0.05) is 22.0 Å². The summed E-state index contributed by atoms with van der Waals surface area (Å²) in [5, 5.41) is 6.56. The summed E-state index contributed by atoms with van der Waals surface area (Å²) in [7, 11) is 0. The van der Waals surface area contributed by atoms with Crippen LogP contribution in [0, 0.1) is 0 Å². The average molecular weight is 311 g/mol. The monoisotopic (exact) mass is 310 g/mol. The molecule has 0 aliphatic rings. The largest absolute Gasteiger partial charge is 0.311 e. The van der Waals surface area contributed by atoms with Crippen molar-refractivity contribution in [2.24, 2.45) is 0 Å². The topological polar surface area (TPSA) is 24.9 Å². The van der Waals surface area contributed by atoms with Crippen LogP contribution in [-0.2, 0) is 6.54 Å². The second kappa shape index (κ2) is 6.28. The third kappa shape index (κ3) is 3.37. The number of nitrogens with zero attached hydrogens (tertiary/aromatic N) is 1. The van der Waals surface area contributed by atoms with E-state index in [2.05, 4.69) is 44.6 Å². The molecule has 0 unspecified atom stereocenters. The number of thiazole rings is 1. The Morgan fingerprint density at radius 1 is 1.35 bits per heavy atom. The summed E-state index contributed by atoms with van der Waals surface area (Å²) in [4.78, 5) is 4.64. The minimum absolute atomic E-state index is 0.856. The summed E-state index contributed by atoms with van der Waals surface area (Å²) in [6.45, 7) is 4.07. The van der Waals surface area contributed by atoms with E-state index < -0.39 is 0 Å². The predicted molar refractivity (Wildman–Crippen MR) is 77.2 cm³/mol. The number of benzene rings is 1. The first-order valence-corrected chi connectivity index (χ1v) is 7.38. The van der Waals surface area contributed by atoms with Crippen molar-refractivity contribution in [1.29, 1.82) is 0 Å². The molecule has 0 bridgehead atoms. The summed E-state index contributed by atoms with van der Waals surface area (Å²) in [6, 6.07) is 8.19. The number of nitrogens with one attached hydrogen (secondary N) is 1. The van der Waals surface area contributed by atoms with E-state index in [0.717, 1.165) is 34.7 Å². The lowest BCUT2D eigenvalue weighted by atomic mass is 10.2. The van der Waals surface area contributed by atoms with Crippen molar-refractivity contribution in [3.05, 3.63) is 39.8 Å². The molecule has 2 nitrogen and oxygen atoms in total. The van der Waals surface area contributed by atoms with Crippen LogP contribution >= 0.6 is 27.3 Å². The van der Waals surface area contributed by atoms with Crippen LogP contribution in [0.1, 0.15) is 19.0 Å². The first-order valence-electron chi connectivity index (χ1n) is 5.71. The van der Waals surface area contributed by atoms with Gasteiger partial charge in [0.15, 0.2) is 0 Å². The van der Waals surface area contributed by atoms with E-state index in [1.165, 1.54) is 5.56 Å². The van der Waals surface area contributed by atoms with E-state index in [-0.39, 0.29) is 0 Å². The Bertz CT molecular complexity index is 482. The van der Waals surface area contributed by atoms with Crippen molar-refractivity contribution in [3.63, 3.8) is 0 Å². The Balaban J connectivity index is 2.10. The van der Waals surface area contributed by atoms with Gasteiger partial charge in [-0.3, -0.25) is 0 Å². The van der Waals surface area contributed by atoms with Crippen molar-refractivity contribution in [3.8, 4) is 10.6 Å². The number of hydrogen-bond donors (Lipinski definition) is 1. The smallest absolute Gasteiger partial charge is 0.124 e. The van der Waals surface area contributed by atoms with E-state index in [0.29, 0.717) is 0 Å². The molecule has 1 aromatic heterocycles. The molecule has 2 rings (SSSR count). The van der Waals surface area contributed by atoms with Gasteiger partial charge in [-0.2, -0.15) is 0 Å². The number of rotatable bonds is 5. The molecule has 0 saturated heterocycles. The third-order valence-corrected chi connectivity index (χ3v) is 4.00. The quantitative estimate of drug-likeness (QED) is 0.842. The Morgan fingerprint density at radius 3 is 2.94 bits per heavy atom. The van der Waals surface area contributed by atoms with Gasteiger partial charge in [-0.1, -0.05) is 41.1 Å². The van der Waals surface area contributed by atoms with Crippen molar-refractivity contribution >= 4 is 27.3 Å². The molecular weight excluding hydrogens is 296 g/mol. The highest BCUT2D eigenvalue weighted by Crippen LogP contribution is 2.30. The molecule has 0 aliphatic heterocycles. The minimum Gasteiger partial charge on any atom is -0.311 e. The lowest BCUT2D eigenvalue weighted by molar-refractivity contribution is 0.667. The van der Waals surface area contributed by atoms with Gasteiger partial charge in [-0.05, 0) is 19.0 Å². The van der Waals surface area contributed by atoms with Crippen LogP contribution in [0.5, 0.6) is 0 Å². The van der Waals surface area contributed by atoms with Crippen LogP contribution in [0.15, 0.2) is 34.1 Å². The summed E-state index contributed by atoms with van der Waals surface area (Å²) in [6.07, 6.45) is 1.15. The van der Waals surface area contributed by atoms with Crippen LogP contribution < -0.4 is 5.32 Å². The standard InChI is InChI=1S/C13H15BrN2S/c1-2-7-15-8-10-9-17-13(16-10)11-5-3-4-6-12(11)14/h3-6,9,15H,2,7-8H2,1H3. The zero-order chi connectivity index (χ0) is 12.1. The van der Waals surface area contributed by atoms with Gasteiger partial charge in [0.05, 0.1) is 5.69 Å². The maximum absolute atomic E-state index is 4.64. The maximum Gasteiger partial charge on any atom is 0.124 e. The van der Waals surface area contributed by atoms with Crippen molar-refractivity contribution < 1.29 is 0 Å². The summed E-state index contributed by atoms with van der Waals surface area (Å²) in [5.41, 5.74) is 2.29. The van der Waals surface area contributed by atoms with Gasteiger partial charge < -0.3 is 5.32 Å². The molecule has 0 fully saturated rings. The summed E-state index contributed by atoms with van der Waals surface area (Å²) >= 11 is 5.25. The number of hydrogen-bond acceptors (Lipinski definition) is 3. The summed E-state index contributed by atoms with van der Waals surface area (Å²) in [5.74, 6) is 0. The molecule has 90 valence electrons. The molecule has 1 aromatic carbocycles. The van der Waals surface area contributed by atoms with Crippen LogP contribution in [0.3, 0.4) is 0 Å². The average Bonchev–Trinajstić information content (AvgIpc) is 2.79. The molecule has 0 spiro atoms. The molecule has 1 heterocycles. The van der Waals surface area contributed by atoms with E-state index in [1.807, 2.05) is 18.2 Å². The van der Waals surface area contributed by atoms with Crippen LogP contribution in [0.25, 0.3) is 10.6 Å². The second-order valence-electron chi connectivity index (χ2n) is 3.80. The Labute approximate surface area is 114 Å². The Hall–Kier alpha value is -0.710. The molecule has 0 amide bonds. The predicted octanol–water partition coefficient (Wildman–Crippen LogP) is 4.07. The Morgan fingerprint density at radius 2 is 2.18 bits per heavy atom. The molecular formula is C13H15BrN2S. The first-order chi connectivity index (χ1) is 8.31. The van der Waals surface area contributed by atoms with Gasteiger partial charge in [-0.25, -0.2) is 4.98 Å². The van der Waals surface area contributed by atoms with E-state index in [4.69, 9.17) is 0 Å². The zero-order valence-electron chi connectivity index (χ0n) is 9.74. The van der Waals surface area contributed by atoms with Crippen molar-refractivity contribution in [1.82, 2.24) is 10.3 Å². The molecule has 2 aromatic rings. The van der Waals surface area contributed by atoms with Crippen molar-refractivity contribution in [2.75, 3.05) is 6.54 Å². The third-order valence-electron chi connectivity index (χ3n) is 2.39. The fourth-order valence-electron chi connectivity index (χ4n) is 1.54. The minimum atomic E-state index is 0.856. The van der Waals surface area contributed by atoms with Gasteiger partial charge in [0.2, 0.25) is 0 Å². The first kappa shape index (κ1) is 12.7. The highest BCUT2D eigenvalue weighted by molar-refractivity contribution is 9.10. The molecule has 1 N–H and O–H groups in total. The van der Waals surface area contributed by atoms with Crippen molar-refractivity contribution in [2.45, 2.75) is 19.9 Å². The van der Waals surface area contributed by atoms with Gasteiger partial charge >= 0.3 is 0 Å². The molecule has 0 aliphatic carbocycles. The van der Waals surface area contributed by atoms with E-state index in [1.54, 1.807) is 11.3 Å². The van der Waals surface area contributed by atoms with Crippen LogP contribution in [0.2, 0.25) is 0 Å². The number of halogens is 1. The lowest BCUT2D eigenvalue weighted by Gasteiger charge is -2.00. The summed E-state index contributed by atoms with van der Waals surface area (Å²) < 4.78 is 1.10. The molecule has 0 radical (unpaired) electrons. The molecule has 0 atom stereocenters. The highest BCUT2D eigenvalue weighted by atomic mass is 79.9. The molecule has 4 heteroatoms. The van der Waals surface area contributed by atoms with Gasteiger partial charge in [0.25, 0.3) is 0 Å². The highest BCUT2D eigenvalue weighted by Gasteiger charge is 2.07. The van der Waals surface area contributed by atoms with E-state index in [9.17, 15) is 0 Å². The normalized spacial score (nSPS) is 10.7. The SMILES string of the molecule is CCCNCc1csc(-c2ccccc2Br)n1. The maximum atomic E-state index is 4.64. The molecule has 0 saturated carbocycles. The van der Waals surface area contributed by atoms with Crippen LogP contribution in [-0.4, -0.2) is 11.5 Å².